The fourth-order valence-electron chi connectivity index (χ4n) is 1.11. The zero-order chi connectivity index (χ0) is 11.5. The molecule has 2 aromatic rings. The van der Waals surface area contributed by atoms with Crippen molar-refractivity contribution >= 4 is 50.5 Å². The number of carbonyl (C=O) groups is 1. The molecule has 0 spiro atoms. The van der Waals surface area contributed by atoms with Crippen LogP contribution in [0.4, 0.5) is 5.69 Å². The normalized spacial score (nSPS) is 10.1. The van der Waals surface area contributed by atoms with Crippen LogP contribution in [0.5, 0.6) is 0 Å². The van der Waals surface area contributed by atoms with Gasteiger partial charge in [-0.15, -0.1) is 11.3 Å². The van der Waals surface area contributed by atoms with Crippen molar-refractivity contribution in [1.82, 2.24) is 4.98 Å². The van der Waals surface area contributed by atoms with Gasteiger partial charge in [0.1, 0.15) is 9.48 Å². The highest BCUT2D eigenvalue weighted by Crippen LogP contribution is 2.25. The summed E-state index contributed by atoms with van der Waals surface area (Å²) in [4.78, 5) is 16.3. The van der Waals surface area contributed by atoms with E-state index in [1.165, 1.54) is 11.3 Å². The van der Waals surface area contributed by atoms with E-state index in [1.54, 1.807) is 29.8 Å². The molecule has 0 aliphatic rings. The van der Waals surface area contributed by atoms with Crippen LogP contribution in [0.3, 0.4) is 0 Å². The number of hydrogen-bond donors (Lipinski definition) is 1. The molecule has 0 radical (unpaired) electrons. The van der Waals surface area contributed by atoms with E-state index < -0.39 is 0 Å². The summed E-state index contributed by atoms with van der Waals surface area (Å²) >= 11 is 10.4. The smallest absolute Gasteiger partial charge is 0.267 e. The highest BCUT2D eigenvalue weighted by Gasteiger charge is 2.13. The lowest BCUT2D eigenvalue weighted by molar-refractivity contribution is 0.103. The third-order valence-electron chi connectivity index (χ3n) is 1.83. The Balaban J connectivity index is 2.21. The number of nitrogens with zero attached hydrogens (tertiary/aromatic N) is 1. The molecule has 0 aliphatic heterocycles. The Bertz CT molecular complexity index is 529. The van der Waals surface area contributed by atoms with Crippen LogP contribution in [0.2, 0.25) is 5.02 Å². The summed E-state index contributed by atoms with van der Waals surface area (Å²) in [6, 6.07) is 5.20. The lowest BCUT2D eigenvalue weighted by atomic mass is 10.4. The number of thiophene rings is 1. The third kappa shape index (κ3) is 2.42. The molecule has 0 saturated carbocycles. The summed E-state index contributed by atoms with van der Waals surface area (Å²) < 4.78 is 0.594. The van der Waals surface area contributed by atoms with E-state index in [1.807, 2.05) is 0 Å². The average molecular weight is 318 g/mol. The summed E-state index contributed by atoms with van der Waals surface area (Å²) in [5, 5.41) is 4.97. The number of carbonyl (C=O) groups excluding carboxylic acids is 1. The largest absolute Gasteiger partial charge is 0.319 e. The third-order valence-corrected chi connectivity index (χ3v) is 3.80. The molecule has 0 aromatic carbocycles. The minimum absolute atomic E-state index is 0.228. The average Bonchev–Trinajstić information content (AvgIpc) is 2.68. The van der Waals surface area contributed by atoms with Gasteiger partial charge in [0.15, 0.2) is 0 Å². The Morgan fingerprint density at radius 3 is 2.94 bits per heavy atom. The van der Waals surface area contributed by atoms with E-state index in [0.29, 0.717) is 20.2 Å². The Kier molecular flexibility index (Phi) is 3.58. The van der Waals surface area contributed by atoms with Gasteiger partial charge < -0.3 is 5.32 Å². The monoisotopic (exact) mass is 316 g/mol. The zero-order valence-corrected chi connectivity index (χ0v) is 11.1. The Morgan fingerprint density at radius 1 is 1.50 bits per heavy atom. The predicted octanol–water partition coefficient (Wildman–Crippen LogP) is 3.81. The molecule has 2 aromatic heterocycles. The minimum atomic E-state index is -0.228. The van der Waals surface area contributed by atoms with Gasteiger partial charge >= 0.3 is 0 Å². The molecule has 16 heavy (non-hydrogen) atoms. The van der Waals surface area contributed by atoms with Crippen LogP contribution in [0.1, 0.15) is 9.67 Å². The summed E-state index contributed by atoms with van der Waals surface area (Å²) in [6.45, 7) is 0. The van der Waals surface area contributed by atoms with E-state index in [4.69, 9.17) is 11.6 Å². The zero-order valence-electron chi connectivity index (χ0n) is 7.91. The molecule has 0 aliphatic carbocycles. The van der Waals surface area contributed by atoms with Crippen molar-refractivity contribution in [3.63, 3.8) is 0 Å². The molecule has 0 bridgehead atoms. The van der Waals surface area contributed by atoms with Crippen LogP contribution in [-0.2, 0) is 0 Å². The molecule has 2 rings (SSSR count). The maximum Gasteiger partial charge on any atom is 0.267 e. The maximum atomic E-state index is 11.8. The van der Waals surface area contributed by atoms with E-state index >= 15 is 0 Å². The number of nitrogens with one attached hydrogen (secondary N) is 1. The molecule has 3 nitrogen and oxygen atoms in total. The fourth-order valence-corrected chi connectivity index (χ4v) is 2.50. The molecule has 2 heterocycles. The first-order valence-corrected chi connectivity index (χ1v) is 6.38. The first-order chi connectivity index (χ1) is 7.68. The van der Waals surface area contributed by atoms with Crippen LogP contribution in [0, 0.1) is 0 Å². The molecular weight excluding hydrogens is 312 g/mol. The molecular formula is C10H6BrClN2OS. The Hall–Kier alpha value is -0.910. The molecule has 82 valence electrons. The molecule has 1 N–H and O–H groups in total. The first kappa shape index (κ1) is 11.6. The van der Waals surface area contributed by atoms with Gasteiger partial charge in [-0.3, -0.25) is 4.79 Å². The fraction of sp³-hybridized carbons (Fsp3) is 0. The second-order valence-electron chi connectivity index (χ2n) is 2.89. The Morgan fingerprint density at radius 2 is 2.31 bits per heavy atom. The van der Waals surface area contributed by atoms with Crippen LogP contribution in [0.15, 0.2) is 34.4 Å². The van der Waals surface area contributed by atoms with Gasteiger partial charge in [0.25, 0.3) is 5.91 Å². The maximum absolute atomic E-state index is 11.8. The molecule has 0 unspecified atom stereocenters. The molecule has 6 heteroatoms. The lowest BCUT2D eigenvalue weighted by Crippen LogP contribution is -2.11. The van der Waals surface area contributed by atoms with Gasteiger partial charge in [-0.25, -0.2) is 4.98 Å². The number of rotatable bonds is 2. The number of amides is 1. The van der Waals surface area contributed by atoms with Crippen molar-refractivity contribution in [3.8, 4) is 0 Å². The second-order valence-corrected chi connectivity index (χ2v) is 4.97. The summed E-state index contributed by atoms with van der Waals surface area (Å²) in [6.07, 6.45) is 1.64. The van der Waals surface area contributed by atoms with E-state index in [2.05, 4.69) is 26.2 Å². The van der Waals surface area contributed by atoms with E-state index in [0.717, 1.165) is 0 Å². The van der Waals surface area contributed by atoms with Gasteiger partial charge in [0.05, 0.1) is 10.7 Å². The van der Waals surface area contributed by atoms with Crippen molar-refractivity contribution in [1.29, 1.82) is 0 Å². The standard InChI is InChI=1S/C10H6BrClN2OS/c11-9-7(2-1-4-13-9)14-10(15)8-6(12)3-5-16-8/h1-5H,(H,14,15). The number of hydrogen-bond acceptors (Lipinski definition) is 3. The van der Waals surface area contributed by atoms with Gasteiger partial charge in [-0.2, -0.15) is 0 Å². The number of pyridine rings is 1. The van der Waals surface area contributed by atoms with Gasteiger partial charge in [0, 0.05) is 6.20 Å². The van der Waals surface area contributed by atoms with Gasteiger partial charge in [0.2, 0.25) is 0 Å². The summed E-state index contributed by atoms with van der Waals surface area (Å²) in [5.41, 5.74) is 0.622. The topological polar surface area (TPSA) is 42.0 Å². The molecule has 1 amide bonds. The van der Waals surface area contributed by atoms with E-state index in [9.17, 15) is 4.79 Å². The molecule has 0 saturated heterocycles. The van der Waals surface area contributed by atoms with Crippen molar-refractivity contribution in [2.45, 2.75) is 0 Å². The quantitative estimate of drug-likeness (QED) is 0.856. The first-order valence-electron chi connectivity index (χ1n) is 4.33. The van der Waals surface area contributed by atoms with E-state index in [-0.39, 0.29) is 5.91 Å². The van der Waals surface area contributed by atoms with Crippen LogP contribution < -0.4 is 5.32 Å². The molecule has 0 atom stereocenters. The Labute approximate surface area is 110 Å². The highest BCUT2D eigenvalue weighted by molar-refractivity contribution is 9.10. The van der Waals surface area contributed by atoms with Gasteiger partial charge in [-0.1, -0.05) is 11.6 Å². The van der Waals surface area contributed by atoms with Crippen molar-refractivity contribution in [3.05, 3.63) is 44.3 Å². The number of halogens is 2. The second kappa shape index (κ2) is 4.95. The van der Waals surface area contributed by atoms with Crippen LogP contribution in [-0.4, -0.2) is 10.9 Å². The SMILES string of the molecule is O=C(Nc1cccnc1Br)c1sccc1Cl. The number of anilines is 1. The van der Waals surface area contributed by atoms with Crippen molar-refractivity contribution < 1.29 is 4.79 Å². The van der Waals surface area contributed by atoms with Gasteiger partial charge in [-0.05, 0) is 39.5 Å². The summed E-state index contributed by atoms with van der Waals surface area (Å²) in [5.74, 6) is -0.228. The molecule has 0 fully saturated rings. The van der Waals surface area contributed by atoms with Crippen molar-refractivity contribution in [2.75, 3.05) is 5.32 Å². The lowest BCUT2D eigenvalue weighted by Gasteiger charge is -2.04. The summed E-state index contributed by atoms with van der Waals surface area (Å²) in [7, 11) is 0. The highest BCUT2D eigenvalue weighted by atomic mass is 79.9. The van der Waals surface area contributed by atoms with Crippen LogP contribution in [0.25, 0.3) is 0 Å². The minimum Gasteiger partial charge on any atom is -0.319 e. The van der Waals surface area contributed by atoms with Crippen molar-refractivity contribution in [2.24, 2.45) is 0 Å². The van der Waals surface area contributed by atoms with Crippen LogP contribution >= 0.6 is 38.9 Å². The predicted molar refractivity (Wildman–Crippen MR) is 69.2 cm³/mol. The number of aromatic nitrogens is 1.